The Bertz CT molecular complexity index is 1690. The number of hydrogen-bond acceptors (Lipinski definition) is 23. The Labute approximate surface area is 369 Å². The van der Waals surface area contributed by atoms with E-state index >= 15 is 0 Å². The third-order valence-corrected chi connectivity index (χ3v) is 9.57. The standard InChI is InChI=1S/C40H59NO23/c1-13-16(2)53-38-29(41-18(4)42)33(64-39-36(59-25(11)49)34(57-23(9)47)30(17(3)54-39)55-21(7)45)31(27(61-38)14-51-19(5)43)63-40-37(60-26(12)50)35(58-24(10)48)32(56-22(8)46)28(62-40)15-52-20(6)44/h16-17,27-40H,13-15H2,1-12H3,(H,41,42)/t16?,17-,27+,28+,29+,30+,31+,32-,33+,34+,35-,36-,37+,38+,39?,40?/m0/s1. The maximum atomic E-state index is 13.0. The van der Waals surface area contributed by atoms with Gasteiger partial charge < -0.3 is 71.6 Å². The Morgan fingerprint density at radius 3 is 1.28 bits per heavy atom. The molecule has 0 radical (unpaired) electrons. The van der Waals surface area contributed by atoms with E-state index < -0.39 is 165 Å². The van der Waals surface area contributed by atoms with Crippen LogP contribution in [0, 0.1) is 0 Å². The highest BCUT2D eigenvalue weighted by molar-refractivity contribution is 5.73. The van der Waals surface area contributed by atoms with Crippen molar-refractivity contribution in [3.05, 3.63) is 0 Å². The molecule has 362 valence electrons. The summed E-state index contributed by atoms with van der Waals surface area (Å²) in [4.78, 5) is 113. The van der Waals surface area contributed by atoms with E-state index in [1.54, 1.807) is 13.8 Å². The van der Waals surface area contributed by atoms with Gasteiger partial charge in [0.15, 0.2) is 55.5 Å². The Morgan fingerprint density at radius 2 is 0.844 bits per heavy atom. The van der Waals surface area contributed by atoms with Gasteiger partial charge in [-0.15, -0.1) is 0 Å². The first kappa shape index (κ1) is 53.3. The van der Waals surface area contributed by atoms with Crippen LogP contribution in [0.2, 0.25) is 0 Å². The lowest BCUT2D eigenvalue weighted by Gasteiger charge is -2.51. The summed E-state index contributed by atoms with van der Waals surface area (Å²) in [6.07, 6.45) is -22.4. The predicted octanol–water partition coefficient (Wildman–Crippen LogP) is -0.0124. The second kappa shape index (κ2) is 24.3. The van der Waals surface area contributed by atoms with Gasteiger partial charge in [0.25, 0.3) is 0 Å². The maximum Gasteiger partial charge on any atom is 0.303 e. The fraction of sp³-hybridized carbons (Fsp3) is 0.775. The molecule has 3 fully saturated rings. The minimum absolute atomic E-state index is 0.427. The summed E-state index contributed by atoms with van der Waals surface area (Å²) in [5.74, 6) is -7.62. The molecule has 0 aromatic rings. The molecule has 0 aromatic heterocycles. The van der Waals surface area contributed by atoms with Crippen LogP contribution in [0.25, 0.3) is 0 Å². The lowest BCUT2D eigenvalue weighted by Crippen LogP contribution is -2.70. The first-order valence-electron chi connectivity index (χ1n) is 20.4. The van der Waals surface area contributed by atoms with E-state index in [0.717, 1.165) is 55.4 Å². The molecule has 64 heavy (non-hydrogen) atoms. The Hall–Kier alpha value is -5.01. The molecule has 0 aliphatic carbocycles. The zero-order chi connectivity index (χ0) is 48.2. The molecule has 24 heteroatoms. The Morgan fingerprint density at radius 1 is 0.469 bits per heavy atom. The van der Waals surface area contributed by atoms with E-state index in [0.29, 0.717) is 6.42 Å². The fourth-order valence-corrected chi connectivity index (χ4v) is 7.08. The van der Waals surface area contributed by atoms with Crippen molar-refractivity contribution in [3.8, 4) is 0 Å². The summed E-state index contributed by atoms with van der Waals surface area (Å²) < 4.78 is 82.2. The summed E-state index contributed by atoms with van der Waals surface area (Å²) in [5, 5.41) is 2.72. The van der Waals surface area contributed by atoms with Crippen LogP contribution in [0.3, 0.4) is 0 Å². The van der Waals surface area contributed by atoms with Crippen molar-refractivity contribution < 1.29 is 109 Å². The normalized spacial score (nSPS) is 32.9. The number of esters is 8. The lowest BCUT2D eigenvalue weighted by atomic mass is 9.94. The van der Waals surface area contributed by atoms with Crippen LogP contribution in [0.4, 0.5) is 0 Å². The maximum absolute atomic E-state index is 13.0. The van der Waals surface area contributed by atoms with Crippen molar-refractivity contribution in [3.63, 3.8) is 0 Å². The molecule has 0 saturated carbocycles. The monoisotopic (exact) mass is 921 g/mol. The average Bonchev–Trinajstić information content (AvgIpc) is 3.16. The lowest BCUT2D eigenvalue weighted by molar-refractivity contribution is -0.375. The third-order valence-electron chi connectivity index (χ3n) is 9.57. The summed E-state index contributed by atoms with van der Waals surface area (Å²) in [6, 6.07) is -1.42. The minimum atomic E-state index is -1.90. The summed E-state index contributed by atoms with van der Waals surface area (Å²) >= 11 is 0. The van der Waals surface area contributed by atoms with Crippen molar-refractivity contribution in [2.75, 3.05) is 13.2 Å². The van der Waals surface area contributed by atoms with Crippen molar-refractivity contribution in [2.24, 2.45) is 0 Å². The van der Waals surface area contributed by atoms with E-state index in [1.165, 1.54) is 13.8 Å². The molecule has 3 unspecified atom stereocenters. The van der Waals surface area contributed by atoms with Crippen molar-refractivity contribution in [1.82, 2.24) is 5.32 Å². The van der Waals surface area contributed by atoms with Crippen molar-refractivity contribution in [2.45, 2.75) is 188 Å². The molecule has 0 bridgehead atoms. The minimum Gasteiger partial charge on any atom is -0.463 e. The molecule has 3 heterocycles. The van der Waals surface area contributed by atoms with Crippen LogP contribution in [-0.2, 0) is 109 Å². The van der Waals surface area contributed by atoms with E-state index in [4.69, 9.17) is 66.3 Å². The molecule has 3 aliphatic rings. The highest BCUT2D eigenvalue weighted by Gasteiger charge is 2.59. The van der Waals surface area contributed by atoms with Crippen LogP contribution in [0.1, 0.15) is 89.5 Å². The van der Waals surface area contributed by atoms with Gasteiger partial charge in [0, 0.05) is 62.3 Å². The van der Waals surface area contributed by atoms with Gasteiger partial charge in [-0.2, -0.15) is 0 Å². The highest BCUT2D eigenvalue weighted by atomic mass is 16.8. The highest BCUT2D eigenvalue weighted by Crippen LogP contribution is 2.38. The van der Waals surface area contributed by atoms with Gasteiger partial charge in [0.1, 0.15) is 43.7 Å². The van der Waals surface area contributed by atoms with Gasteiger partial charge in [0.2, 0.25) is 5.91 Å². The molecular weight excluding hydrogens is 862 g/mol. The smallest absolute Gasteiger partial charge is 0.303 e. The second-order valence-electron chi connectivity index (χ2n) is 15.1. The van der Waals surface area contributed by atoms with Crippen LogP contribution in [0.15, 0.2) is 0 Å². The van der Waals surface area contributed by atoms with Gasteiger partial charge in [-0.3, -0.25) is 43.2 Å². The topological polar surface area (TPSA) is 295 Å². The molecule has 3 aliphatic heterocycles. The summed E-state index contributed by atoms with van der Waals surface area (Å²) in [6.45, 7) is 13.3. The van der Waals surface area contributed by atoms with E-state index in [2.05, 4.69) is 5.32 Å². The van der Waals surface area contributed by atoms with E-state index in [-0.39, 0.29) is 0 Å². The number of carbonyl (C=O) groups excluding carboxylic acids is 9. The van der Waals surface area contributed by atoms with Crippen LogP contribution >= 0.6 is 0 Å². The predicted molar refractivity (Wildman–Crippen MR) is 206 cm³/mol. The number of rotatable bonds is 18. The SMILES string of the molecule is CCC(C)O[C@@H]1O[C@H](COC(C)=O)[C@@H](OC2O[C@H](COC(C)=O)[C@H](OC(C)=O)[C@H](OC(C)=O)[C@H]2OC(C)=O)[C@H](OC2O[C@@H](C)[C@@H](OC(C)=O)[C@@H](OC(C)=O)[C@@H]2OC(C)=O)[C@H]1NC(C)=O. The van der Waals surface area contributed by atoms with Gasteiger partial charge >= 0.3 is 47.8 Å². The third kappa shape index (κ3) is 15.6. The first-order chi connectivity index (χ1) is 29.9. The van der Waals surface area contributed by atoms with Gasteiger partial charge in [-0.05, 0) is 20.3 Å². The van der Waals surface area contributed by atoms with E-state index in [9.17, 15) is 43.2 Å². The average molecular weight is 922 g/mol. The van der Waals surface area contributed by atoms with Crippen LogP contribution in [0.5, 0.6) is 0 Å². The quantitative estimate of drug-likeness (QED) is 0.140. The molecule has 0 aromatic carbocycles. The number of ether oxygens (including phenoxy) is 14. The molecule has 1 amide bonds. The summed E-state index contributed by atoms with van der Waals surface area (Å²) in [5.41, 5.74) is 0. The molecule has 3 saturated heterocycles. The van der Waals surface area contributed by atoms with E-state index in [1.807, 2.05) is 0 Å². The molecule has 24 nitrogen and oxygen atoms in total. The van der Waals surface area contributed by atoms with Crippen molar-refractivity contribution in [1.29, 1.82) is 0 Å². The molecular formula is C40H59NO23. The molecule has 1 N–H and O–H groups in total. The summed E-state index contributed by atoms with van der Waals surface area (Å²) in [7, 11) is 0. The van der Waals surface area contributed by atoms with Crippen LogP contribution in [-0.4, -0.2) is 165 Å². The fourth-order valence-electron chi connectivity index (χ4n) is 7.08. The van der Waals surface area contributed by atoms with Gasteiger partial charge in [0.05, 0.1) is 12.2 Å². The molecule has 16 atom stereocenters. The number of hydrogen-bond donors (Lipinski definition) is 1. The number of amides is 1. The van der Waals surface area contributed by atoms with Crippen molar-refractivity contribution >= 4 is 53.7 Å². The first-order valence-corrected chi connectivity index (χ1v) is 20.4. The Kier molecular flexibility index (Phi) is 20.3. The molecule has 0 spiro atoms. The molecule has 3 rings (SSSR count). The number of nitrogens with one attached hydrogen (secondary N) is 1. The number of carbonyl (C=O) groups is 9. The van der Waals surface area contributed by atoms with Crippen LogP contribution < -0.4 is 5.32 Å². The zero-order valence-electron chi connectivity index (χ0n) is 37.7. The zero-order valence-corrected chi connectivity index (χ0v) is 37.7. The largest absolute Gasteiger partial charge is 0.463 e. The second-order valence-corrected chi connectivity index (χ2v) is 15.1. The van der Waals surface area contributed by atoms with Gasteiger partial charge in [-0.25, -0.2) is 0 Å². The van der Waals surface area contributed by atoms with Gasteiger partial charge in [-0.1, -0.05) is 6.92 Å². The Balaban J connectivity index is 2.36.